The molecular formula is C19H26ClN5O2. The van der Waals surface area contributed by atoms with Crippen LogP contribution < -0.4 is 10.6 Å². The smallest absolute Gasteiger partial charge is 0.228 e. The van der Waals surface area contributed by atoms with Crippen molar-refractivity contribution in [2.75, 3.05) is 26.2 Å². The lowest BCUT2D eigenvalue weighted by Crippen LogP contribution is -2.40. The van der Waals surface area contributed by atoms with Gasteiger partial charge >= 0.3 is 0 Å². The highest BCUT2D eigenvalue weighted by atomic mass is 35.5. The SMILES string of the molecule is CCNC(=NCC1(C)CCCO1)NCCc1nc(-c2ccc(Cl)cc2)no1. The molecule has 3 rings (SSSR count). The van der Waals surface area contributed by atoms with Crippen LogP contribution in [0.2, 0.25) is 5.02 Å². The predicted octanol–water partition coefficient (Wildman–Crippen LogP) is 3.06. The molecule has 1 aromatic carbocycles. The molecule has 2 aromatic rings. The summed E-state index contributed by atoms with van der Waals surface area (Å²) in [5, 5.41) is 11.3. The average Bonchev–Trinajstić information content (AvgIpc) is 3.30. The maximum atomic E-state index is 5.91. The van der Waals surface area contributed by atoms with Crippen molar-refractivity contribution in [3.8, 4) is 11.4 Å². The lowest BCUT2D eigenvalue weighted by atomic mass is 10.0. The first-order valence-corrected chi connectivity index (χ1v) is 9.70. The number of aromatic nitrogens is 2. The zero-order valence-electron chi connectivity index (χ0n) is 15.8. The molecule has 1 atom stereocenters. The molecule has 0 spiro atoms. The van der Waals surface area contributed by atoms with E-state index in [0.29, 0.717) is 36.2 Å². The highest BCUT2D eigenvalue weighted by Gasteiger charge is 2.29. The van der Waals surface area contributed by atoms with Crippen molar-refractivity contribution in [1.29, 1.82) is 0 Å². The summed E-state index contributed by atoms with van der Waals surface area (Å²) in [7, 11) is 0. The van der Waals surface area contributed by atoms with Crippen molar-refractivity contribution in [3.63, 3.8) is 0 Å². The molecule has 146 valence electrons. The lowest BCUT2D eigenvalue weighted by Gasteiger charge is -2.21. The summed E-state index contributed by atoms with van der Waals surface area (Å²) in [5.74, 6) is 1.91. The Morgan fingerprint density at radius 2 is 2.11 bits per heavy atom. The van der Waals surface area contributed by atoms with E-state index < -0.39 is 0 Å². The third-order valence-electron chi connectivity index (χ3n) is 4.42. The molecule has 1 aromatic heterocycles. The monoisotopic (exact) mass is 391 g/mol. The van der Waals surface area contributed by atoms with Gasteiger partial charge in [0, 0.05) is 36.7 Å². The standard InChI is InChI=1S/C19H26ClN5O2/c1-3-21-18(23-13-19(2)10-4-12-26-19)22-11-9-16-24-17(25-27-16)14-5-7-15(20)8-6-14/h5-8H,3-4,9-13H2,1-2H3,(H2,21,22,23). The Labute approximate surface area is 164 Å². The number of guanidine groups is 1. The largest absolute Gasteiger partial charge is 0.373 e. The van der Waals surface area contributed by atoms with Crippen LogP contribution in [0.25, 0.3) is 11.4 Å². The minimum absolute atomic E-state index is 0.150. The van der Waals surface area contributed by atoms with Gasteiger partial charge in [-0.25, -0.2) is 0 Å². The van der Waals surface area contributed by atoms with Crippen LogP contribution in [-0.4, -0.2) is 47.9 Å². The summed E-state index contributed by atoms with van der Waals surface area (Å²) in [4.78, 5) is 9.08. The van der Waals surface area contributed by atoms with Crippen LogP contribution >= 0.6 is 11.6 Å². The van der Waals surface area contributed by atoms with E-state index in [1.54, 1.807) is 0 Å². The first-order valence-electron chi connectivity index (χ1n) is 9.33. The van der Waals surface area contributed by atoms with Gasteiger partial charge in [0.25, 0.3) is 0 Å². The van der Waals surface area contributed by atoms with Crippen LogP contribution in [0.3, 0.4) is 0 Å². The van der Waals surface area contributed by atoms with Gasteiger partial charge in [0.15, 0.2) is 5.96 Å². The molecular weight excluding hydrogens is 366 g/mol. The third-order valence-corrected chi connectivity index (χ3v) is 4.67. The zero-order valence-corrected chi connectivity index (χ0v) is 16.6. The van der Waals surface area contributed by atoms with Crippen molar-refractivity contribution in [2.24, 2.45) is 4.99 Å². The van der Waals surface area contributed by atoms with Crippen molar-refractivity contribution in [2.45, 2.75) is 38.7 Å². The number of hydrogen-bond acceptors (Lipinski definition) is 5. The second-order valence-corrected chi connectivity index (χ2v) is 7.23. The molecule has 1 aliphatic rings. The summed E-state index contributed by atoms with van der Waals surface area (Å²) in [6.07, 6.45) is 2.76. The van der Waals surface area contributed by atoms with E-state index in [0.717, 1.165) is 37.5 Å². The summed E-state index contributed by atoms with van der Waals surface area (Å²) in [6.45, 7) is 7.06. The molecule has 2 N–H and O–H groups in total. The zero-order chi connectivity index (χ0) is 19.1. The molecule has 0 amide bonds. The second kappa shape index (κ2) is 9.19. The Morgan fingerprint density at radius 1 is 1.30 bits per heavy atom. The normalized spacial score (nSPS) is 20.0. The van der Waals surface area contributed by atoms with E-state index in [9.17, 15) is 0 Å². The van der Waals surface area contributed by atoms with Gasteiger partial charge in [-0.3, -0.25) is 4.99 Å². The summed E-state index contributed by atoms with van der Waals surface area (Å²) < 4.78 is 11.1. The summed E-state index contributed by atoms with van der Waals surface area (Å²) in [5.41, 5.74) is 0.726. The number of benzene rings is 1. The van der Waals surface area contributed by atoms with Crippen molar-refractivity contribution in [3.05, 3.63) is 35.2 Å². The number of aliphatic imine (C=N–C) groups is 1. The van der Waals surface area contributed by atoms with E-state index in [-0.39, 0.29) is 5.60 Å². The van der Waals surface area contributed by atoms with E-state index in [4.69, 9.17) is 20.9 Å². The van der Waals surface area contributed by atoms with Crippen LogP contribution in [0.4, 0.5) is 0 Å². The molecule has 27 heavy (non-hydrogen) atoms. The molecule has 0 radical (unpaired) electrons. The van der Waals surface area contributed by atoms with Gasteiger partial charge in [-0.1, -0.05) is 16.8 Å². The lowest BCUT2D eigenvalue weighted by molar-refractivity contribution is 0.0283. The third kappa shape index (κ3) is 5.68. The molecule has 0 bridgehead atoms. The Morgan fingerprint density at radius 3 is 2.81 bits per heavy atom. The van der Waals surface area contributed by atoms with E-state index >= 15 is 0 Å². The van der Waals surface area contributed by atoms with Crippen molar-refractivity contribution in [1.82, 2.24) is 20.8 Å². The highest BCUT2D eigenvalue weighted by Crippen LogP contribution is 2.25. The van der Waals surface area contributed by atoms with Crippen LogP contribution in [0.15, 0.2) is 33.8 Å². The minimum atomic E-state index is -0.150. The number of nitrogens with zero attached hydrogens (tertiary/aromatic N) is 3. The van der Waals surface area contributed by atoms with Gasteiger partial charge < -0.3 is 19.9 Å². The molecule has 0 aliphatic carbocycles. The maximum absolute atomic E-state index is 5.91. The fourth-order valence-corrected chi connectivity index (χ4v) is 3.04. The Hall–Kier alpha value is -2.12. The Balaban J connectivity index is 1.52. The van der Waals surface area contributed by atoms with Crippen LogP contribution in [0, 0.1) is 0 Å². The molecule has 1 aliphatic heterocycles. The molecule has 1 fully saturated rings. The second-order valence-electron chi connectivity index (χ2n) is 6.79. The number of nitrogens with one attached hydrogen (secondary N) is 2. The minimum Gasteiger partial charge on any atom is -0.373 e. The highest BCUT2D eigenvalue weighted by molar-refractivity contribution is 6.30. The van der Waals surface area contributed by atoms with Crippen LogP contribution in [0.5, 0.6) is 0 Å². The van der Waals surface area contributed by atoms with Gasteiger partial charge in [0.05, 0.1) is 12.1 Å². The van der Waals surface area contributed by atoms with Crippen LogP contribution in [-0.2, 0) is 11.2 Å². The van der Waals surface area contributed by atoms with E-state index in [1.807, 2.05) is 31.2 Å². The quantitative estimate of drug-likeness (QED) is 0.557. The number of ether oxygens (including phenoxy) is 1. The van der Waals surface area contributed by atoms with Crippen molar-refractivity contribution >= 4 is 17.6 Å². The summed E-state index contributed by atoms with van der Waals surface area (Å²) in [6, 6.07) is 7.36. The predicted molar refractivity (Wildman–Crippen MR) is 106 cm³/mol. The first kappa shape index (κ1) is 19.6. The number of rotatable bonds is 7. The molecule has 7 nitrogen and oxygen atoms in total. The van der Waals surface area contributed by atoms with Gasteiger partial charge in [0.1, 0.15) is 0 Å². The topological polar surface area (TPSA) is 84.6 Å². The number of halogens is 1. The molecule has 8 heteroatoms. The van der Waals surface area contributed by atoms with Gasteiger partial charge in [0.2, 0.25) is 11.7 Å². The molecule has 0 saturated carbocycles. The molecule has 1 saturated heterocycles. The van der Waals surface area contributed by atoms with Crippen LogP contribution in [0.1, 0.15) is 32.6 Å². The first-order chi connectivity index (χ1) is 13.1. The van der Waals surface area contributed by atoms with Gasteiger partial charge in [-0.05, 0) is 51.0 Å². The van der Waals surface area contributed by atoms with E-state index in [2.05, 4.69) is 32.7 Å². The Bertz CT molecular complexity index is 754. The van der Waals surface area contributed by atoms with Gasteiger partial charge in [-0.15, -0.1) is 0 Å². The van der Waals surface area contributed by atoms with Gasteiger partial charge in [-0.2, -0.15) is 4.98 Å². The maximum Gasteiger partial charge on any atom is 0.228 e. The molecule has 2 heterocycles. The van der Waals surface area contributed by atoms with Crippen molar-refractivity contribution < 1.29 is 9.26 Å². The fourth-order valence-electron chi connectivity index (χ4n) is 2.91. The Kier molecular flexibility index (Phi) is 6.68. The summed E-state index contributed by atoms with van der Waals surface area (Å²) >= 11 is 5.91. The average molecular weight is 392 g/mol. The van der Waals surface area contributed by atoms with E-state index in [1.165, 1.54) is 0 Å². The fraction of sp³-hybridized carbons (Fsp3) is 0.526. The number of hydrogen-bond donors (Lipinski definition) is 2. The molecule has 1 unspecified atom stereocenters.